The number of aryl methyl sites for hydroxylation is 3. The Balaban J connectivity index is 0.000000207. The van der Waals surface area contributed by atoms with E-state index in [9.17, 15) is 82.7 Å². The van der Waals surface area contributed by atoms with E-state index in [1.165, 1.54) is 32.9 Å². The number of aromatic nitrogens is 6. The second kappa shape index (κ2) is 43.4. The Bertz CT molecular complexity index is 5280. The van der Waals surface area contributed by atoms with E-state index < -0.39 is 171 Å². The van der Waals surface area contributed by atoms with Gasteiger partial charge in [0.25, 0.3) is 0 Å². The molecule has 735 valence electrons. The Morgan fingerprint density at radius 3 is 1.03 bits per heavy atom. The van der Waals surface area contributed by atoms with Gasteiger partial charge < -0.3 is 73.5 Å². The van der Waals surface area contributed by atoms with Gasteiger partial charge in [-0.2, -0.15) is 39.5 Å². The summed E-state index contributed by atoms with van der Waals surface area (Å²) in [6.45, 7) is 25.4. The Hall–Kier alpha value is -8.57. The van der Waals surface area contributed by atoms with Crippen LogP contribution in [0.25, 0.3) is 33.1 Å². The van der Waals surface area contributed by atoms with Crippen LogP contribution in [0.5, 0.6) is 17.6 Å². The molecule has 6 amide bonds. The Morgan fingerprint density at radius 2 is 0.689 bits per heavy atom. The fraction of sp³-hybridized carbons (Fsp3) is 0.656. The number of hydrogen-bond acceptors (Lipinski definition) is 21. The maximum absolute atomic E-state index is 14.0. The largest absolute Gasteiger partial charge is 0.540 e. The average Bonchev–Trinajstić information content (AvgIpc) is 1.62. The van der Waals surface area contributed by atoms with Crippen molar-refractivity contribution in [1.82, 2.24) is 60.6 Å². The summed E-state index contributed by atoms with van der Waals surface area (Å²) in [5.41, 5.74) is -3.32. The van der Waals surface area contributed by atoms with Gasteiger partial charge in [0.1, 0.15) is 70.8 Å². The third-order valence-corrected chi connectivity index (χ3v) is 28.0. The molecule has 6 aromatic rings. The van der Waals surface area contributed by atoms with E-state index in [-0.39, 0.29) is 133 Å². The smallest absolute Gasteiger partial charge is 0.416 e. The van der Waals surface area contributed by atoms with Gasteiger partial charge in [-0.05, 0) is 217 Å². The molecule has 0 spiro atoms. The quantitative estimate of drug-likeness (QED) is 0.0842. The van der Waals surface area contributed by atoms with Crippen molar-refractivity contribution in [3.05, 3.63) is 88.4 Å². The van der Waals surface area contributed by atoms with Crippen molar-refractivity contribution in [2.75, 3.05) is 19.6 Å². The van der Waals surface area contributed by atoms with Gasteiger partial charge in [-0.3, -0.25) is 14.4 Å². The van der Waals surface area contributed by atoms with Crippen molar-refractivity contribution < 1.29 is 167 Å². The maximum Gasteiger partial charge on any atom is 0.416 e. The molecule has 39 heteroatoms. The van der Waals surface area contributed by atoms with Gasteiger partial charge in [-0.25, -0.2) is 63.1 Å². The van der Waals surface area contributed by atoms with Crippen LogP contribution in [0, 0.1) is 51.8 Å². The minimum Gasteiger partial charge on any atom is -0.540 e. The summed E-state index contributed by atoms with van der Waals surface area (Å²) in [5, 5.41) is 8.34. The van der Waals surface area contributed by atoms with Crippen molar-refractivity contribution in [3.8, 4) is 17.6 Å². The van der Waals surface area contributed by atoms with Crippen LogP contribution in [0.1, 0.15) is 253 Å². The predicted molar refractivity (Wildman–Crippen MR) is 466 cm³/mol. The van der Waals surface area contributed by atoms with Gasteiger partial charge >= 0.3 is 36.8 Å². The first kappa shape index (κ1) is 108. The Kier molecular flexibility index (Phi) is 34.9. The molecule has 3 saturated heterocycles. The zero-order valence-corrected chi connectivity index (χ0v) is 82.7. The molecule has 9 aliphatic rings. The molecular formula is C96H120F9N12O15V3-3. The van der Waals surface area contributed by atoms with Crippen LogP contribution in [0.4, 0.5) is 53.9 Å². The molecule has 3 aliphatic carbocycles. The number of ether oxygens (including phenoxy) is 6. The molecule has 0 unspecified atom stereocenters. The predicted octanol–water partition coefficient (Wildman–Crippen LogP) is 17.3. The molecule has 6 fully saturated rings. The number of nitrogens with one attached hydrogen (secondary N) is 3. The fourth-order valence-electron chi connectivity index (χ4n) is 19.8. The van der Waals surface area contributed by atoms with Gasteiger partial charge in [-0.15, -0.1) is 0 Å². The van der Waals surface area contributed by atoms with E-state index in [4.69, 9.17) is 28.4 Å². The fourth-order valence-corrected chi connectivity index (χ4v) is 19.8. The minimum atomic E-state index is -4.55. The van der Waals surface area contributed by atoms with Crippen LogP contribution in [0.2, 0.25) is 0 Å². The topological polar surface area (TPSA) is 332 Å². The standard InChI is InChI=1S/C33H42F3N4O5.C32H40F3N4O5.C31H38F3N4O5.3V/c1-19-25(18-41)40-17-26(19)44-28-23(37-22-14-13-21(33(34,35)36)16-24(22)38-28)12-8-6-7-10-20-11-9-15-32(20,5)45-30(43)39-27(29(40)42)31(2,3)4;1-18-24(17-40)39-16-26(18)43-28-22(36-21-14-13-20(32(33,34)35)15-23(21)37-28)11-7-5-6-9-19-10-8-12-25(19)44-30(42)38-27(29(39)41)31(2,3)4;1-17-23(16-39)38-15-24(17)42-26-21(35-20-12-11-18(31(32,33)34)13-22(20)36-26)10-8-6-7-9-19-14-30(19,5)43-28(41)37-25(27(38)40)29(2,3)4;;;/h13-14,16,19-20,25-27H,6-12,15,17H2,1-5H3,(H,39,43);13-15,18-19,24-27H,5-12,16H2,1-4H3,(H,38,42);11-13,17,19,23-25H,6-10,14-15H2,1-5H3,(H,37,41);;;/q3*-1;;;/t19-,20+,25+,26-,27+,32+;18-,19+,24+,25+,26-,27+;17-,19+,23+,24-,25+,30+;;;/m000.../s1. The summed E-state index contributed by atoms with van der Waals surface area (Å²) < 4.78 is 158. The normalized spacial score (nSPS) is 29.4. The Labute approximate surface area is 816 Å². The minimum absolute atomic E-state index is 0. The number of benzene rings is 3. The molecular weight excluding hydrogens is 1880 g/mol. The van der Waals surface area contributed by atoms with Crippen LogP contribution >= 0.6 is 0 Å². The van der Waals surface area contributed by atoms with Crippen LogP contribution in [-0.2, 0) is 136 Å². The van der Waals surface area contributed by atoms with Gasteiger partial charge in [0.05, 0.1) is 69.4 Å². The van der Waals surface area contributed by atoms with Crippen LogP contribution in [0.3, 0.4) is 0 Å². The van der Waals surface area contributed by atoms with Gasteiger partial charge in [0.2, 0.25) is 35.4 Å². The molecule has 6 bridgehead atoms. The van der Waals surface area contributed by atoms with E-state index in [2.05, 4.69) is 45.9 Å². The molecule has 3 aromatic heterocycles. The number of rotatable bonds is 3. The second-order valence-corrected chi connectivity index (χ2v) is 40.9. The van der Waals surface area contributed by atoms with Crippen molar-refractivity contribution in [2.24, 2.45) is 51.8 Å². The van der Waals surface area contributed by atoms with Gasteiger partial charge in [0, 0.05) is 61.6 Å². The first-order chi connectivity index (χ1) is 62.0. The molecule has 3 N–H and O–H groups in total. The summed E-state index contributed by atoms with van der Waals surface area (Å²) >= 11 is 0. The van der Waals surface area contributed by atoms with Gasteiger partial charge in [-0.1, -0.05) is 140 Å². The third-order valence-electron chi connectivity index (χ3n) is 28.0. The number of fused-ring (bicyclic) bond motifs is 15. The number of hydrogen-bond donors (Lipinski definition) is 3. The first-order valence-electron chi connectivity index (χ1n) is 46.1. The second-order valence-electron chi connectivity index (χ2n) is 40.9. The third kappa shape index (κ3) is 25.4. The van der Waals surface area contributed by atoms with Crippen molar-refractivity contribution in [1.29, 1.82) is 0 Å². The molecule has 3 saturated carbocycles. The van der Waals surface area contributed by atoms with Crippen LogP contribution in [0.15, 0.2) is 54.6 Å². The Morgan fingerprint density at radius 1 is 0.370 bits per heavy atom. The van der Waals surface area contributed by atoms with E-state index in [1.54, 1.807) is 20.8 Å². The summed E-state index contributed by atoms with van der Waals surface area (Å²) in [6.07, 6.45) is 5.47. The number of amides is 6. The molecule has 135 heavy (non-hydrogen) atoms. The number of alkyl halides is 9. The molecule has 6 aliphatic heterocycles. The maximum atomic E-state index is 14.0. The van der Waals surface area contributed by atoms with E-state index in [0.717, 1.165) is 158 Å². The van der Waals surface area contributed by atoms with E-state index in [1.807, 2.05) is 95.0 Å². The number of halogens is 9. The zero-order valence-electron chi connectivity index (χ0n) is 78.5. The molecule has 15 rings (SSSR count). The van der Waals surface area contributed by atoms with Crippen LogP contribution < -0.4 is 30.2 Å². The molecule has 3 radical (unpaired) electrons. The first-order valence-corrected chi connectivity index (χ1v) is 46.1. The summed E-state index contributed by atoms with van der Waals surface area (Å²) in [6, 6.07) is 3.82. The van der Waals surface area contributed by atoms with Gasteiger partial charge in [0.15, 0.2) is 0 Å². The summed E-state index contributed by atoms with van der Waals surface area (Å²) in [4.78, 5) is 149. The number of alkyl carbamates (subject to hydrolysis) is 3. The molecule has 27 nitrogen and oxygen atoms in total. The number of nitrogens with zero attached hydrogens (tertiary/aromatic N) is 9. The van der Waals surface area contributed by atoms with E-state index >= 15 is 0 Å². The monoisotopic (exact) mass is 2000 g/mol. The van der Waals surface area contributed by atoms with Crippen molar-refractivity contribution in [3.63, 3.8) is 0 Å². The van der Waals surface area contributed by atoms with E-state index in [0.29, 0.717) is 52.9 Å². The zero-order chi connectivity index (χ0) is 95.9. The molecule has 9 heterocycles. The molecule has 18 atom stereocenters. The summed E-state index contributed by atoms with van der Waals surface area (Å²) in [7, 11) is 0. The van der Waals surface area contributed by atoms with Crippen LogP contribution in [-0.4, -0.2) is 191 Å². The number of carbonyl (C=O) groups excluding carboxylic acids is 9. The number of carbonyl (C=O) groups is 6. The van der Waals surface area contributed by atoms with Crippen molar-refractivity contribution >= 4 is 88.0 Å². The average molecular weight is 2010 g/mol. The molecule has 3 aromatic carbocycles. The van der Waals surface area contributed by atoms with Crippen molar-refractivity contribution in [2.45, 2.75) is 329 Å². The summed E-state index contributed by atoms with van der Waals surface area (Å²) in [5.74, 6) is -2.10. The SMILES string of the molecule is C[C@@H]1[C@@H]2CN(C(=O)[C@H](C(C)(C)C)NC(=O)O[C@@H]3CCC[C@H]3CCCCCc3nc4ccc(C(F)(F)F)cc4nc3O2)[C@@H]1[C-]=O.C[C@@H]1[C@@H]2CN(C(=O)[C@H](C(C)(C)C)NC(=O)O[C@]3(C)CCC[C@H]3CCCCCc3nc4ccc(C(F)(F)F)cc4nc3O2)[C@@H]1[C-]=O.C[C@@H]1[C@@H]2CN(C(=O)[C@H](C(C)(C)C)NC(=O)O[C@]3(C)C[C@H]3CCCCCc3nc4ccc(C(F)(F)F)cc4nc3O2)[C@@H]1[C-]=O.[V].[V].[V].